The molecule has 1 fully saturated rings. The first kappa shape index (κ1) is 19.0. The summed E-state index contributed by atoms with van der Waals surface area (Å²) >= 11 is 0. The molecule has 9 nitrogen and oxygen atoms in total. The number of ether oxygens (including phenoxy) is 1. The molecule has 0 bridgehead atoms. The van der Waals surface area contributed by atoms with Gasteiger partial charge < -0.3 is 26.1 Å². The van der Waals surface area contributed by atoms with Crippen molar-refractivity contribution < 1.29 is 14.3 Å². The number of carbonyl (C=O) groups excluding carboxylic acids is 2. The van der Waals surface area contributed by atoms with E-state index in [2.05, 4.69) is 25.6 Å². The molecule has 5 N–H and O–H groups in total. The average Bonchev–Trinajstić information content (AvgIpc) is 3.39. The summed E-state index contributed by atoms with van der Waals surface area (Å²) in [6, 6.07) is 10.9. The van der Waals surface area contributed by atoms with Gasteiger partial charge in [0.2, 0.25) is 5.91 Å². The van der Waals surface area contributed by atoms with Crippen LogP contribution < -0.4 is 16.4 Å². The molecule has 2 atom stereocenters. The molecule has 2 aromatic heterocycles. The van der Waals surface area contributed by atoms with E-state index in [9.17, 15) is 9.59 Å². The van der Waals surface area contributed by atoms with E-state index in [0.29, 0.717) is 28.4 Å². The first-order valence-electron chi connectivity index (χ1n) is 9.39. The van der Waals surface area contributed by atoms with Gasteiger partial charge in [-0.3, -0.25) is 9.59 Å². The third-order valence-electron chi connectivity index (χ3n) is 4.94. The SMILES string of the molecule is COC(C(N)=O)c1cc2c(NC(=O)[C@@H]3CCCN3)nc(-c3ccccc3)nc2[nH]1. The lowest BCUT2D eigenvalue weighted by molar-refractivity contribution is -0.128. The highest BCUT2D eigenvalue weighted by molar-refractivity contribution is 6.02. The number of methoxy groups -OCH3 is 1. The third-order valence-corrected chi connectivity index (χ3v) is 4.94. The maximum Gasteiger partial charge on any atom is 0.252 e. The molecule has 9 heteroatoms. The molecule has 1 aliphatic heterocycles. The molecule has 150 valence electrons. The third kappa shape index (κ3) is 3.82. The largest absolute Gasteiger partial charge is 0.367 e. The lowest BCUT2D eigenvalue weighted by Gasteiger charge is -2.12. The Morgan fingerprint density at radius 1 is 1.28 bits per heavy atom. The smallest absolute Gasteiger partial charge is 0.252 e. The zero-order valence-electron chi connectivity index (χ0n) is 15.9. The van der Waals surface area contributed by atoms with E-state index in [0.717, 1.165) is 24.9 Å². The molecule has 0 radical (unpaired) electrons. The maximum atomic E-state index is 12.7. The summed E-state index contributed by atoms with van der Waals surface area (Å²) in [4.78, 5) is 36.6. The number of carbonyl (C=O) groups is 2. The topological polar surface area (TPSA) is 135 Å². The molecule has 3 heterocycles. The van der Waals surface area contributed by atoms with E-state index in [-0.39, 0.29) is 11.9 Å². The quantitative estimate of drug-likeness (QED) is 0.500. The number of anilines is 1. The Morgan fingerprint density at radius 2 is 2.07 bits per heavy atom. The number of aromatic amines is 1. The monoisotopic (exact) mass is 394 g/mol. The van der Waals surface area contributed by atoms with E-state index in [1.807, 2.05) is 30.3 Å². The Bertz CT molecular complexity index is 1040. The highest BCUT2D eigenvalue weighted by Crippen LogP contribution is 2.29. The number of nitrogens with two attached hydrogens (primary N) is 1. The molecular formula is C20H22N6O3. The van der Waals surface area contributed by atoms with Crippen molar-refractivity contribution in [1.29, 1.82) is 0 Å². The van der Waals surface area contributed by atoms with Crippen LogP contribution in [0.3, 0.4) is 0 Å². The highest BCUT2D eigenvalue weighted by Gasteiger charge is 2.25. The van der Waals surface area contributed by atoms with E-state index in [4.69, 9.17) is 10.5 Å². The Labute approximate surface area is 167 Å². The molecule has 1 saturated heterocycles. The fourth-order valence-corrected chi connectivity index (χ4v) is 3.49. The average molecular weight is 394 g/mol. The summed E-state index contributed by atoms with van der Waals surface area (Å²) in [5, 5.41) is 6.66. The minimum atomic E-state index is -0.954. The number of primary amides is 1. The van der Waals surface area contributed by atoms with Gasteiger partial charge >= 0.3 is 0 Å². The molecule has 1 aliphatic rings. The van der Waals surface area contributed by atoms with Crippen molar-refractivity contribution >= 4 is 28.7 Å². The Kier molecular flexibility index (Phi) is 5.24. The van der Waals surface area contributed by atoms with Crippen molar-refractivity contribution in [2.45, 2.75) is 25.0 Å². The summed E-state index contributed by atoms with van der Waals surface area (Å²) in [5.74, 6) is 0.0436. The number of fused-ring (bicyclic) bond motifs is 1. The molecule has 2 amide bonds. The molecule has 3 aromatic rings. The number of H-pyrrole nitrogens is 1. The second kappa shape index (κ2) is 7.98. The molecule has 29 heavy (non-hydrogen) atoms. The maximum absolute atomic E-state index is 12.7. The number of hydrogen-bond donors (Lipinski definition) is 4. The summed E-state index contributed by atoms with van der Waals surface area (Å²) in [5.41, 5.74) is 7.16. The van der Waals surface area contributed by atoms with Crippen molar-refractivity contribution in [2.75, 3.05) is 19.0 Å². The normalized spacial score (nSPS) is 17.3. The number of hydrogen-bond acceptors (Lipinski definition) is 6. The van der Waals surface area contributed by atoms with E-state index >= 15 is 0 Å². The second-order valence-electron chi connectivity index (χ2n) is 6.91. The van der Waals surface area contributed by atoms with Gasteiger partial charge in [-0.25, -0.2) is 9.97 Å². The van der Waals surface area contributed by atoms with Crippen LogP contribution in [0.25, 0.3) is 22.4 Å². The van der Waals surface area contributed by atoms with Crippen molar-refractivity contribution in [1.82, 2.24) is 20.3 Å². The lowest BCUT2D eigenvalue weighted by Crippen LogP contribution is -2.35. The van der Waals surface area contributed by atoms with Crippen LogP contribution in [0.2, 0.25) is 0 Å². The predicted molar refractivity (Wildman–Crippen MR) is 108 cm³/mol. The van der Waals surface area contributed by atoms with E-state index in [1.165, 1.54) is 7.11 Å². The number of rotatable bonds is 6. The molecule has 0 saturated carbocycles. The van der Waals surface area contributed by atoms with Crippen LogP contribution in [0.1, 0.15) is 24.6 Å². The summed E-state index contributed by atoms with van der Waals surface area (Å²) < 4.78 is 5.19. The molecule has 1 aromatic carbocycles. The van der Waals surface area contributed by atoms with E-state index in [1.54, 1.807) is 6.07 Å². The highest BCUT2D eigenvalue weighted by atomic mass is 16.5. The fraction of sp³-hybridized carbons (Fsp3) is 0.300. The van der Waals surface area contributed by atoms with Crippen LogP contribution in [-0.4, -0.2) is 46.5 Å². The van der Waals surface area contributed by atoms with Gasteiger partial charge in [-0.05, 0) is 25.5 Å². The van der Waals surface area contributed by atoms with Crippen molar-refractivity contribution in [3.8, 4) is 11.4 Å². The molecule has 0 aliphatic carbocycles. The first-order valence-corrected chi connectivity index (χ1v) is 9.39. The number of aromatic nitrogens is 3. The van der Waals surface area contributed by atoms with Gasteiger partial charge in [0.25, 0.3) is 5.91 Å². The van der Waals surface area contributed by atoms with Gasteiger partial charge in [-0.15, -0.1) is 0 Å². The van der Waals surface area contributed by atoms with Crippen LogP contribution in [0, 0.1) is 0 Å². The van der Waals surface area contributed by atoms with Crippen LogP contribution in [0.5, 0.6) is 0 Å². The summed E-state index contributed by atoms with van der Waals surface area (Å²) in [6.07, 6.45) is 0.774. The predicted octanol–water partition coefficient (Wildman–Crippen LogP) is 1.49. The number of benzene rings is 1. The van der Waals surface area contributed by atoms with Crippen LogP contribution in [0.4, 0.5) is 5.82 Å². The van der Waals surface area contributed by atoms with Crippen LogP contribution in [-0.2, 0) is 14.3 Å². The summed E-state index contributed by atoms with van der Waals surface area (Å²) in [7, 11) is 1.40. The molecule has 0 spiro atoms. The molecule has 4 rings (SSSR count). The van der Waals surface area contributed by atoms with Crippen molar-refractivity contribution in [2.24, 2.45) is 5.73 Å². The number of amides is 2. The minimum Gasteiger partial charge on any atom is -0.367 e. The standard InChI is InChI=1S/C20H22N6O3/c1-29-15(16(21)27)14-10-12-18(23-14)24-17(11-6-3-2-4-7-11)25-19(12)26-20(28)13-8-5-9-22-13/h2-4,6-7,10,13,15,22H,5,8-9H2,1H3,(H2,21,27)(H2,23,24,25,26,28)/t13-,15?/m0/s1. The number of nitrogens with zero attached hydrogens (tertiary/aromatic N) is 2. The zero-order chi connectivity index (χ0) is 20.4. The van der Waals surface area contributed by atoms with Crippen molar-refractivity contribution in [3.05, 3.63) is 42.1 Å². The van der Waals surface area contributed by atoms with Crippen LogP contribution >= 0.6 is 0 Å². The molecular weight excluding hydrogens is 372 g/mol. The zero-order valence-corrected chi connectivity index (χ0v) is 15.9. The van der Waals surface area contributed by atoms with Crippen LogP contribution in [0.15, 0.2) is 36.4 Å². The van der Waals surface area contributed by atoms with Gasteiger partial charge in [-0.2, -0.15) is 0 Å². The second-order valence-corrected chi connectivity index (χ2v) is 6.91. The van der Waals surface area contributed by atoms with Gasteiger partial charge in [-0.1, -0.05) is 30.3 Å². The van der Waals surface area contributed by atoms with Gasteiger partial charge in [0.05, 0.1) is 17.1 Å². The first-order chi connectivity index (χ1) is 14.1. The minimum absolute atomic E-state index is 0.151. The Balaban J connectivity index is 1.80. The lowest BCUT2D eigenvalue weighted by atomic mass is 10.2. The van der Waals surface area contributed by atoms with Gasteiger partial charge in [0.15, 0.2) is 11.9 Å². The Hall–Kier alpha value is -3.30. The fourth-order valence-electron chi connectivity index (χ4n) is 3.49. The van der Waals surface area contributed by atoms with Crippen molar-refractivity contribution in [3.63, 3.8) is 0 Å². The molecule has 1 unspecified atom stereocenters. The van der Waals surface area contributed by atoms with Gasteiger partial charge in [0.1, 0.15) is 11.5 Å². The Morgan fingerprint density at radius 3 is 2.72 bits per heavy atom. The number of nitrogens with one attached hydrogen (secondary N) is 3. The van der Waals surface area contributed by atoms with E-state index < -0.39 is 12.0 Å². The summed E-state index contributed by atoms with van der Waals surface area (Å²) in [6.45, 7) is 0.814. The van der Waals surface area contributed by atoms with Gasteiger partial charge in [0, 0.05) is 12.7 Å².